The second-order valence-corrected chi connectivity index (χ2v) is 6.30. The number of nitrogens with zero attached hydrogens (tertiary/aromatic N) is 1. The lowest BCUT2D eigenvalue weighted by atomic mass is 10.0. The second kappa shape index (κ2) is 5.61. The van der Waals surface area contributed by atoms with E-state index in [1.165, 1.54) is 25.0 Å². The number of hydrogen-bond acceptors (Lipinski definition) is 2. The number of rotatable bonds is 2. The molecule has 2 bridgehead atoms. The van der Waals surface area contributed by atoms with Crippen molar-refractivity contribution in [3.05, 3.63) is 34.9 Å². The Kier molecular flexibility index (Phi) is 3.97. The topological polar surface area (TPSA) is 15.3 Å². The summed E-state index contributed by atoms with van der Waals surface area (Å²) in [4.78, 5) is 2.37. The van der Waals surface area contributed by atoms with Gasteiger partial charge in [-0.15, -0.1) is 0 Å². The molecule has 3 rings (SSSR count). The molecule has 2 fully saturated rings. The summed E-state index contributed by atoms with van der Waals surface area (Å²) in [6, 6.07) is 5.28. The molecule has 21 heavy (non-hydrogen) atoms. The van der Waals surface area contributed by atoms with Gasteiger partial charge in [0.05, 0.1) is 5.56 Å². The molecule has 0 aromatic heterocycles. The van der Waals surface area contributed by atoms with Gasteiger partial charge in [-0.2, -0.15) is 13.2 Å². The van der Waals surface area contributed by atoms with Crippen molar-refractivity contribution in [3.8, 4) is 0 Å². The molecule has 2 atom stereocenters. The van der Waals surface area contributed by atoms with E-state index in [0.717, 1.165) is 37.2 Å². The van der Waals surface area contributed by atoms with Crippen LogP contribution in [0.4, 0.5) is 13.2 Å². The van der Waals surface area contributed by atoms with Gasteiger partial charge in [0.2, 0.25) is 0 Å². The summed E-state index contributed by atoms with van der Waals surface area (Å²) in [5.41, 5.74) is 1.17. The maximum Gasteiger partial charge on any atom is 0.416 e. The molecular formula is C16H21F3N2. The van der Waals surface area contributed by atoms with Crippen molar-refractivity contribution in [2.24, 2.45) is 0 Å². The number of alkyl halides is 3. The third kappa shape index (κ3) is 3.40. The van der Waals surface area contributed by atoms with Crippen LogP contribution in [0.25, 0.3) is 0 Å². The molecule has 5 heteroatoms. The highest BCUT2D eigenvalue weighted by Crippen LogP contribution is 2.31. The molecule has 2 nitrogen and oxygen atoms in total. The third-order valence-electron chi connectivity index (χ3n) is 4.67. The number of fused-ring (bicyclic) bond motifs is 2. The first kappa shape index (κ1) is 14.9. The van der Waals surface area contributed by atoms with Crippen molar-refractivity contribution in [2.45, 2.75) is 51.0 Å². The summed E-state index contributed by atoms with van der Waals surface area (Å²) in [5.74, 6) is 0. The molecule has 2 unspecified atom stereocenters. The summed E-state index contributed by atoms with van der Waals surface area (Å²) in [6.45, 7) is 4.53. The van der Waals surface area contributed by atoms with Crippen LogP contribution in [0.1, 0.15) is 36.0 Å². The largest absolute Gasteiger partial charge is 0.416 e. The minimum absolute atomic E-state index is 0.548. The first-order chi connectivity index (χ1) is 9.91. The summed E-state index contributed by atoms with van der Waals surface area (Å²) >= 11 is 0. The molecule has 2 aliphatic heterocycles. The van der Waals surface area contributed by atoms with E-state index >= 15 is 0 Å². The van der Waals surface area contributed by atoms with Gasteiger partial charge in [-0.1, -0.05) is 6.07 Å². The molecule has 2 saturated heterocycles. The first-order valence-corrected chi connectivity index (χ1v) is 7.57. The molecule has 1 aromatic rings. The Labute approximate surface area is 123 Å². The van der Waals surface area contributed by atoms with E-state index in [4.69, 9.17) is 0 Å². The molecule has 0 spiro atoms. The second-order valence-electron chi connectivity index (χ2n) is 6.30. The Morgan fingerprint density at radius 1 is 1.19 bits per heavy atom. The Balaban J connectivity index is 1.70. The Morgan fingerprint density at radius 3 is 2.67 bits per heavy atom. The number of nitrogens with one attached hydrogen (secondary N) is 1. The molecule has 1 aromatic carbocycles. The Bertz CT molecular complexity index is 513. The SMILES string of the molecule is Cc1cc(C(F)(F)F)ccc1CN1CCC2CCC(C1)N2. The number of hydrogen-bond donors (Lipinski definition) is 1. The van der Waals surface area contributed by atoms with Crippen molar-refractivity contribution in [2.75, 3.05) is 13.1 Å². The highest BCUT2D eigenvalue weighted by Gasteiger charge is 2.31. The summed E-state index contributed by atoms with van der Waals surface area (Å²) < 4.78 is 38.1. The lowest BCUT2D eigenvalue weighted by Crippen LogP contribution is -2.35. The van der Waals surface area contributed by atoms with Crippen LogP contribution in [0.15, 0.2) is 18.2 Å². The zero-order valence-corrected chi connectivity index (χ0v) is 12.2. The quantitative estimate of drug-likeness (QED) is 0.901. The zero-order valence-electron chi connectivity index (χ0n) is 12.2. The maximum atomic E-state index is 12.7. The average Bonchev–Trinajstić information content (AvgIpc) is 2.73. The average molecular weight is 298 g/mol. The number of aryl methyl sites for hydroxylation is 1. The van der Waals surface area contributed by atoms with Crippen molar-refractivity contribution < 1.29 is 13.2 Å². The maximum absolute atomic E-state index is 12.7. The normalized spacial score (nSPS) is 26.9. The van der Waals surface area contributed by atoms with E-state index in [9.17, 15) is 13.2 Å². The highest BCUT2D eigenvalue weighted by molar-refractivity contribution is 5.32. The fraction of sp³-hybridized carbons (Fsp3) is 0.625. The van der Waals surface area contributed by atoms with Crippen LogP contribution in [-0.4, -0.2) is 30.1 Å². The molecular weight excluding hydrogens is 277 g/mol. The van der Waals surface area contributed by atoms with E-state index < -0.39 is 11.7 Å². The lowest BCUT2D eigenvalue weighted by Gasteiger charge is -2.25. The Morgan fingerprint density at radius 2 is 1.95 bits per heavy atom. The summed E-state index contributed by atoms with van der Waals surface area (Å²) in [5, 5.41) is 3.62. The van der Waals surface area contributed by atoms with Gasteiger partial charge >= 0.3 is 6.18 Å². The van der Waals surface area contributed by atoms with Crippen LogP contribution in [0, 0.1) is 6.92 Å². The smallest absolute Gasteiger partial charge is 0.310 e. The number of halogens is 3. The predicted molar refractivity (Wildman–Crippen MR) is 76.0 cm³/mol. The summed E-state index contributed by atoms with van der Waals surface area (Å²) in [6.07, 6.45) is -0.643. The van der Waals surface area contributed by atoms with Gasteiger partial charge in [-0.3, -0.25) is 4.90 Å². The van der Waals surface area contributed by atoms with Crippen molar-refractivity contribution in [3.63, 3.8) is 0 Å². The van der Waals surface area contributed by atoms with Gasteiger partial charge in [0.25, 0.3) is 0 Å². The van der Waals surface area contributed by atoms with Crippen LogP contribution < -0.4 is 5.32 Å². The van der Waals surface area contributed by atoms with E-state index in [1.54, 1.807) is 13.0 Å². The fourth-order valence-electron chi connectivity index (χ4n) is 3.45. The van der Waals surface area contributed by atoms with Crippen LogP contribution in [0.2, 0.25) is 0 Å². The molecule has 116 valence electrons. The van der Waals surface area contributed by atoms with Crippen LogP contribution >= 0.6 is 0 Å². The zero-order chi connectivity index (χ0) is 15.0. The molecule has 0 aliphatic carbocycles. The summed E-state index contributed by atoms with van der Waals surface area (Å²) in [7, 11) is 0. The molecule has 0 saturated carbocycles. The van der Waals surface area contributed by atoms with Crippen molar-refractivity contribution in [1.82, 2.24) is 10.2 Å². The van der Waals surface area contributed by atoms with Gasteiger partial charge in [-0.25, -0.2) is 0 Å². The van der Waals surface area contributed by atoms with Gasteiger partial charge < -0.3 is 5.32 Å². The molecule has 2 aliphatic rings. The lowest BCUT2D eigenvalue weighted by molar-refractivity contribution is -0.137. The van der Waals surface area contributed by atoms with Gasteiger partial charge in [0.15, 0.2) is 0 Å². The minimum Gasteiger partial charge on any atom is -0.310 e. The molecule has 1 N–H and O–H groups in total. The van der Waals surface area contributed by atoms with E-state index in [2.05, 4.69) is 10.2 Å². The van der Waals surface area contributed by atoms with Crippen LogP contribution in [-0.2, 0) is 12.7 Å². The number of benzene rings is 1. The monoisotopic (exact) mass is 298 g/mol. The van der Waals surface area contributed by atoms with Crippen LogP contribution in [0.5, 0.6) is 0 Å². The van der Waals surface area contributed by atoms with Gasteiger partial charge in [0, 0.05) is 31.7 Å². The first-order valence-electron chi connectivity index (χ1n) is 7.57. The molecule has 0 amide bonds. The highest BCUT2D eigenvalue weighted by atomic mass is 19.4. The van der Waals surface area contributed by atoms with Crippen LogP contribution in [0.3, 0.4) is 0 Å². The fourth-order valence-corrected chi connectivity index (χ4v) is 3.45. The Hall–Kier alpha value is -1.07. The minimum atomic E-state index is -4.25. The standard InChI is InChI=1S/C16H21F3N2/c1-11-8-13(16(17,18)19)3-2-12(11)9-21-7-6-14-4-5-15(10-21)20-14/h2-3,8,14-15,20H,4-7,9-10H2,1H3. The predicted octanol–water partition coefficient (Wildman–Crippen LogP) is 3.34. The van der Waals surface area contributed by atoms with E-state index in [-0.39, 0.29) is 0 Å². The molecule has 0 radical (unpaired) electrons. The van der Waals surface area contributed by atoms with E-state index in [1.807, 2.05) is 0 Å². The van der Waals surface area contributed by atoms with Gasteiger partial charge in [0.1, 0.15) is 0 Å². The van der Waals surface area contributed by atoms with Gasteiger partial charge in [-0.05, 0) is 49.4 Å². The third-order valence-corrected chi connectivity index (χ3v) is 4.67. The molecule has 2 heterocycles. The van der Waals surface area contributed by atoms with Crippen molar-refractivity contribution >= 4 is 0 Å². The van der Waals surface area contributed by atoms with E-state index in [0.29, 0.717) is 12.1 Å². The number of likely N-dealkylation sites (tertiary alicyclic amines) is 1. The van der Waals surface area contributed by atoms with Crippen molar-refractivity contribution in [1.29, 1.82) is 0 Å².